The van der Waals surface area contributed by atoms with Gasteiger partial charge in [0.25, 0.3) is 0 Å². The zero-order chi connectivity index (χ0) is 18.5. The van der Waals surface area contributed by atoms with Crippen molar-refractivity contribution >= 4 is 40.2 Å². The van der Waals surface area contributed by atoms with Crippen molar-refractivity contribution < 1.29 is 9.59 Å². The van der Waals surface area contributed by atoms with Crippen LogP contribution in [-0.4, -0.2) is 58.2 Å². The zero-order valence-corrected chi connectivity index (χ0v) is 17.2. The molecule has 0 unspecified atom stereocenters. The van der Waals surface area contributed by atoms with Gasteiger partial charge in [-0.3, -0.25) is 10.1 Å². The molecule has 2 fully saturated rings. The van der Waals surface area contributed by atoms with E-state index in [1.54, 1.807) is 24.9 Å². The van der Waals surface area contributed by atoms with Crippen LogP contribution in [0.5, 0.6) is 0 Å². The highest BCUT2D eigenvalue weighted by Gasteiger charge is 2.34. The van der Waals surface area contributed by atoms with Crippen LogP contribution in [0.4, 0.5) is 9.93 Å². The first-order chi connectivity index (χ1) is 12.6. The minimum Gasteiger partial charge on any atom is -0.343 e. The first kappa shape index (κ1) is 19.5. The molecule has 1 aromatic rings. The highest BCUT2D eigenvalue weighted by molar-refractivity contribution is 8.00. The molecule has 144 valence electrons. The van der Waals surface area contributed by atoms with Gasteiger partial charge in [-0.2, -0.15) is 0 Å². The summed E-state index contributed by atoms with van der Waals surface area (Å²) in [5, 5.41) is 3.69. The van der Waals surface area contributed by atoms with Gasteiger partial charge in [-0.1, -0.05) is 30.6 Å². The zero-order valence-electron chi connectivity index (χ0n) is 15.6. The van der Waals surface area contributed by atoms with Crippen molar-refractivity contribution in [2.45, 2.75) is 68.2 Å². The van der Waals surface area contributed by atoms with Gasteiger partial charge in [0.15, 0.2) is 5.13 Å². The third-order valence-corrected chi connectivity index (χ3v) is 7.37. The lowest BCUT2D eigenvalue weighted by Gasteiger charge is -2.43. The second-order valence-electron chi connectivity index (χ2n) is 7.06. The summed E-state index contributed by atoms with van der Waals surface area (Å²) in [5.41, 5.74) is 0. The van der Waals surface area contributed by atoms with E-state index in [0.29, 0.717) is 11.2 Å². The topological polar surface area (TPSA) is 65.5 Å². The van der Waals surface area contributed by atoms with Gasteiger partial charge in [-0.15, -0.1) is 11.8 Å². The highest BCUT2D eigenvalue weighted by atomic mass is 32.2. The highest BCUT2D eigenvalue weighted by Crippen LogP contribution is 2.30. The molecule has 1 saturated heterocycles. The summed E-state index contributed by atoms with van der Waals surface area (Å²) in [4.78, 5) is 33.0. The molecule has 3 amide bonds. The monoisotopic (exact) mass is 396 g/mol. The second kappa shape index (κ2) is 9.08. The van der Waals surface area contributed by atoms with E-state index in [4.69, 9.17) is 0 Å². The Balaban J connectivity index is 1.70. The van der Waals surface area contributed by atoms with Gasteiger partial charge < -0.3 is 9.80 Å². The molecule has 26 heavy (non-hydrogen) atoms. The standard InChI is InChI=1S/C18H28N4O2S2/c1-13(23)21-10-8-15(9-11-21)22(14-6-4-3-5-7-14)18(24)20-17-19-12-16(25-2)26-17/h12,14-15H,3-11H2,1-2H3,(H,19,20,24). The fourth-order valence-electron chi connectivity index (χ4n) is 4.02. The fraction of sp³-hybridized carbons (Fsp3) is 0.722. The number of thiazole rings is 1. The first-order valence-corrected chi connectivity index (χ1v) is 11.5. The molecule has 6 nitrogen and oxygen atoms in total. The summed E-state index contributed by atoms with van der Waals surface area (Å²) in [5.74, 6) is 0.129. The Morgan fingerprint density at radius 3 is 2.42 bits per heavy atom. The molecule has 0 bridgehead atoms. The molecular weight excluding hydrogens is 368 g/mol. The molecule has 2 aliphatic rings. The van der Waals surface area contributed by atoms with Crippen LogP contribution in [0.1, 0.15) is 51.9 Å². The van der Waals surface area contributed by atoms with Crippen LogP contribution >= 0.6 is 23.1 Å². The Hall–Kier alpha value is -1.28. The number of hydrogen-bond donors (Lipinski definition) is 1. The van der Waals surface area contributed by atoms with Gasteiger partial charge in [0.05, 0.1) is 10.4 Å². The molecule has 0 radical (unpaired) electrons. The van der Waals surface area contributed by atoms with E-state index in [1.807, 2.05) is 11.2 Å². The summed E-state index contributed by atoms with van der Waals surface area (Å²) >= 11 is 3.15. The predicted octanol–water partition coefficient (Wildman–Crippen LogP) is 4.04. The van der Waals surface area contributed by atoms with Crippen LogP contribution in [0.2, 0.25) is 0 Å². The number of carbonyl (C=O) groups is 2. The van der Waals surface area contributed by atoms with Crippen molar-refractivity contribution in [1.82, 2.24) is 14.8 Å². The Morgan fingerprint density at radius 1 is 1.19 bits per heavy atom. The lowest BCUT2D eigenvalue weighted by molar-refractivity contribution is -0.130. The van der Waals surface area contributed by atoms with E-state index in [9.17, 15) is 9.59 Å². The number of urea groups is 1. The minimum atomic E-state index is -0.0276. The second-order valence-corrected chi connectivity index (χ2v) is 9.19. The third kappa shape index (κ3) is 4.71. The number of likely N-dealkylation sites (tertiary alicyclic amines) is 1. The summed E-state index contributed by atoms with van der Waals surface area (Å²) in [6.45, 7) is 3.10. The van der Waals surface area contributed by atoms with Gasteiger partial charge in [-0.05, 0) is 31.9 Å². The number of aromatic nitrogens is 1. The van der Waals surface area contributed by atoms with Crippen molar-refractivity contribution in [3.63, 3.8) is 0 Å². The molecule has 8 heteroatoms. The number of nitrogens with one attached hydrogen (secondary N) is 1. The van der Waals surface area contributed by atoms with Crippen molar-refractivity contribution in [3.05, 3.63) is 6.20 Å². The van der Waals surface area contributed by atoms with Gasteiger partial charge in [0, 0.05) is 32.1 Å². The quantitative estimate of drug-likeness (QED) is 0.780. The summed E-state index contributed by atoms with van der Waals surface area (Å²) < 4.78 is 1.10. The van der Waals surface area contributed by atoms with Crippen molar-refractivity contribution in [3.8, 4) is 0 Å². The third-order valence-electron chi connectivity index (χ3n) is 5.41. The van der Waals surface area contributed by atoms with E-state index >= 15 is 0 Å². The molecule has 1 aromatic heterocycles. The van der Waals surface area contributed by atoms with Crippen LogP contribution in [-0.2, 0) is 4.79 Å². The summed E-state index contributed by atoms with van der Waals surface area (Å²) in [7, 11) is 0. The van der Waals surface area contributed by atoms with E-state index in [-0.39, 0.29) is 18.0 Å². The summed E-state index contributed by atoms with van der Waals surface area (Å²) in [6.07, 6.45) is 11.3. The molecule has 0 spiro atoms. The van der Waals surface area contributed by atoms with Crippen LogP contribution in [0.25, 0.3) is 0 Å². The van der Waals surface area contributed by atoms with E-state index in [0.717, 1.165) is 43.0 Å². The van der Waals surface area contributed by atoms with E-state index in [2.05, 4.69) is 15.2 Å². The number of piperidine rings is 1. The molecule has 1 N–H and O–H groups in total. The van der Waals surface area contributed by atoms with Crippen molar-refractivity contribution in [1.29, 1.82) is 0 Å². The van der Waals surface area contributed by atoms with Crippen molar-refractivity contribution in [2.75, 3.05) is 24.7 Å². The largest absolute Gasteiger partial charge is 0.343 e. The Kier molecular flexibility index (Phi) is 6.80. The minimum absolute atomic E-state index is 0.0276. The molecule has 1 saturated carbocycles. The van der Waals surface area contributed by atoms with Gasteiger partial charge in [-0.25, -0.2) is 9.78 Å². The SMILES string of the molecule is CSc1cnc(NC(=O)N(C2CCCCC2)C2CCN(C(C)=O)CC2)s1. The maximum Gasteiger partial charge on any atom is 0.324 e. The maximum absolute atomic E-state index is 13.1. The van der Waals surface area contributed by atoms with Crippen molar-refractivity contribution in [2.24, 2.45) is 0 Å². The maximum atomic E-state index is 13.1. The number of amides is 3. The number of rotatable bonds is 4. The fourth-order valence-corrected chi connectivity index (χ4v) is 5.28. The van der Waals surface area contributed by atoms with Crippen LogP contribution in [0.15, 0.2) is 10.4 Å². The Morgan fingerprint density at radius 2 is 1.85 bits per heavy atom. The number of hydrogen-bond acceptors (Lipinski definition) is 5. The lowest BCUT2D eigenvalue weighted by atomic mass is 9.91. The van der Waals surface area contributed by atoms with E-state index < -0.39 is 0 Å². The molecule has 2 heterocycles. The first-order valence-electron chi connectivity index (χ1n) is 9.43. The van der Waals surface area contributed by atoms with Gasteiger partial charge in [0.2, 0.25) is 5.91 Å². The van der Waals surface area contributed by atoms with Gasteiger partial charge in [0.1, 0.15) is 0 Å². The lowest BCUT2D eigenvalue weighted by Crippen LogP contribution is -2.54. The molecule has 3 rings (SSSR count). The number of thioether (sulfide) groups is 1. The number of nitrogens with zero attached hydrogens (tertiary/aromatic N) is 3. The molecule has 0 aromatic carbocycles. The normalized spacial score (nSPS) is 19.4. The molecular formula is C18H28N4O2S2. The Bertz CT molecular complexity index is 622. The molecule has 0 atom stereocenters. The average Bonchev–Trinajstić information content (AvgIpc) is 3.11. The molecule has 1 aliphatic heterocycles. The average molecular weight is 397 g/mol. The number of anilines is 1. The predicted molar refractivity (Wildman–Crippen MR) is 107 cm³/mol. The van der Waals surface area contributed by atoms with E-state index in [1.165, 1.54) is 30.6 Å². The number of carbonyl (C=O) groups excluding carboxylic acids is 2. The smallest absolute Gasteiger partial charge is 0.324 e. The van der Waals surface area contributed by atoms with Crippen LogP contribution in [0.3, 0.4) is 0 Å². The summed E-state index contributed by atoms with van der Waals surface area (Å²) in [6, 6.07) is 0.478. The van der Waals surface area contributed by atoms with Gasteiger partial charge >= 0.3 is 6.03 Å². The molecule has 1 aliphatic carbocycles. The Labute approximate surface area is 163 Å². The van der Waals surface area contributed by atoms with Crippen LogP contribution < -0.4 is 5.32 Å². The van der Waals surface area contributed by atoms with Crippen LogP contribution in [0, 0.1) is 0 Å².